The molecule has 1 aromatic carbocycles. The zero-order chi connectivity index (χ0) is 15.2. The summed E-state index contributed by atoms with van der Waals surface area (Å²) in [5.41, 5.74) is 0.771. The van der Waals surface area contributed by atoms with E-state index in [9.17, 15) is 4.39 Å². The van der Waals surface area contributed by atoms with Crippen molar-refractivity contribution in [1.82, 2.24) is 5.32 Å². The quantitative estimate of drug-likeness (QED) is 0.760. The predicted molar refractivity (Wildman–Crippen MR) is 88.3 cm³/mol. The Morgan fingerprint density at radius 3 is 2.81 bits per heavy atom. The zero-order valence-electron chi connectivity index (χ0n) is 13.2. The summed E-state index contributed by atoms with van der Waals surface area (Å²) in [4.78, 5) is 0. The SMILES string of the molecule is CCCNC1CCC(CC)CC1Cc1cc(Cl)ccc1F. The molecule has 3 unspecified atom stereocenters. The zero-order valence-corrected chi connectivity index (χ0v) is 13.9. The molecule has 1 aromatic rings. The van der Waals surface area contributed by atoms with Crippen LogP contribution in [0.15, 0.2) is 18.2 Å². The van der Waals surface area contributed by atoms with E-state index in [0.717, 1.165) is 30.9 Å². The van der Waals surface area contributed by atoms with Crippen LogP contribution in [0.5, 0.6) is 0 Å². The highest BCUT2D eigenvalue weighted by molar-refractivity contribution is 6.30. The van der Waals surface area contributed by atoms with Gasteiger partial charge in [0.05, 0.1) is 0 Å². The fraction of sp³-hybridized carbons (Fsp3) is 0.667. The van der Waals surface area contributed by atoms with Gasteiger partial charge in [-0.1, -0.05) is 31.9 Å². The summed E-state index contributed by atoms with van der Waals surface area (Å²) in [5.74, 6) is 1.19. The minimum atomic E-state index is -0.118. The molecule has 0 saturated heterocycles. The van der Waals surface area contributed by atoms with Crippen LogP contribution in [0.25, 0.3) is 0 Å². The first-order valence-electron chi connectivity index (χ1n) is 8.31. The molecule has 21 heavy (non-hydrogen) atoms. The Bertz CT molecular complexity index is 449. The molecule has 3 atom stereocenters. The van der Waals surface area contributed by atoms with Gasteiger partial charge >= 0.3 is 0 Å². The van der Waals surface area contributed by atoms with Crippen LogP contribution in [0, 0.1) is 17.7 Å². The molecular weight excluding hydrogens is 285 g/mol. The highest BCUT2D eigenvalue weighted by Gasteiger charge is 2.30. The smallest absolute Gasteiger partial charge is 0.126 e. The first kappa shape index (κ1) is 16.8. The molecule has 1 N–H and O–H groups in total. The number of rotatable bonds is 6. The second-order valence-electron chi connectivity index (χ2n) is 6.35. The van der Waals surface area contributed by atoms with Crippen molar-refractivity contribution in [2.24, 2.45) is 11.8 Å². The van der Waals surface area contributed by atoms with Crippen molar-refractivity contribution in [3.8, 4) is 0 Å². The van der Waals surface area contributed by atoms with Crippen LogP contribution in [-0.2, 0) is 6.42 Å². The van der Waals surface area contributed by atoms with Crippen LogP contribution in [0.4, 0.5) is 4.39 Å². The molecule has 0 aliphatic heterocycles. The van der Waals surface area contributed by atoms with Crippen LogP contribution >= 0.6 is 11.6 Å². The van der Waals surface area contributed by atoms with Gasteiger partial charge in [0.1, 0.15) is 5.82 Å². The van der Waals surface area contributed by atoms with E-state index in [-0.39, 0.29) is 5.82 Å². The minimum absolute atomic E-state index is 0.118. The summed E-state index contributed by atoms with van der Waals surface area (Å²) in [6, 6.07) is 5.43. The van der Waals surface area contributed by atoms with Crippen molar-refractivity contribution in [3.05, 3.63) is 34.6 Å². The summed E-state index contributed by atoms with van der Waals surface area (Å²) in [6.07, 6.45) is 6.88. The second kappa shape index (κ2) is 8.14. The molecule has 0 heterocycles. The van der Waals surface area contributed by atoms with E-state index in [1.54, 1.807) is 12.1 Å². The Hall–Kier alpha value is -0.600. The molecule has 1 saturated carbocycles. The summed E-state index contributed by atoms with van der Waals surface area (Å²) in [6.45, 7) is 5.51. The van der Waals surface area contributed by atoms with Crippen LogP contribution in [-0.4, -0.2) is 12.6 Å². The minimum Gasteiger partial charge on any atom is -0.314 e. The number of hydrogen-bond acceptors (Lipinski definition) is 1. The Balaban J connectivity index is 2.09. The Morgan fingerprint density at radius 2 is 2.10 bits per heavy atom. The monoisotopic (exact) mass is 311 g/mol. The van der Waals surface area contributed by atoms with Gasteiger partial charge in [-0.25, -0.2) is 4.39 Å². The maximum Gasteiger partial charge on any atom is 0.126 e. The molecular formula is C18H27ClFN. The van der Waals surface area contributed by atoms with Crippen molar-refractivity contribution < 1.29 is 4.39 Å². The van der Waals surface area contributed by atoms with E-state index < -0.39 is 0 Å². The molecule has 0 radical (unpaired) electrons. The van der Waals surface area contributed by atoms with E-state index in [1.165, 1.54) is 31.7 Å². The molecule has 2 rings (SSSR count). The van der Waals surface area contributed by atoms with Gasteiger partial charge < -0.3 is 5.32 Å². The molecule has 0 bridgehead atoms. The van der Waals surface area contributed by atoms with Crippen LogP contribution in [0.2, 0.25) is 5.02 Å². The van der Waals surface area contributed by atoms with Gasteiger partial charge in [-0.05, 0) is 74.2 Å². The summed E-state index contributed by atoms with van der Waals surface area (Å²) in [5, 5.41) is 4.30. The molecule has 0 spiro atoms. The highest BCUT2D eigenvalue weighted by atomic mass is 35.5. The standard InChI is InChI=1S/C18H27ClFN/c1-3-9-21-18-8-5-13(4-2)10-15(18)11-14-12-16(19)6-7-17(14)20/h6-7,12-13,15,18,21H,3-5,8-11H2,1-2H3. The first-order chi connectivity index (χ1) is 10.1. The van der Waals surface area contributed by atoms with Crippen molar-refractivity contribution in [3.63, 3.8) is 0 Å². The van der Waals surface area contributed by atoms with Crippen molar-refractivity contribution >= 4 is 11.6 Å². The average Bonchev–Trinajstić information content (AvgIpc) is 2.49. The number of hydrogen-bond donors (Lipinski definition) is 1. The molecule has 1 aliphatic rings. The molecule has 1 aliphatic carbocycles. The number of benzene rings is 1. The third-order valence-corrected chi connectivity index (χ3v) is 5.05. The lowest BCUT2D eigenvalue weighted by Gasteiger charge is -2.37. The lowest BCUT2D eigenvalue weighted by Crippen LogP contribution is -2.42. The predicted octanol–water partition coefficient (Wildman–Crippen LogP) is 5.22. The van der Waals surface area contributed by atoms with E-state index in [2.05, 4.69) is 19.2 Å². The Morgan fingerprint density at radius 1 is 1.29 bits per heavy atom. The van der Waals surface area contributed by atoms with Gasteiger partial charge in [0, 0.05) is 11.1 Å². The lowest BCUT2D eigenvalue weighted by molar-refractivity contribution is 0.197. The largest absolute Gasteiger partial charge is 0.314 e. The Kier molecular flexibility index (Phi) is 6.50. The molecule has 1 fully saturated rings. The number of halogens is 2. The first-order valence-corrected chi connectivity index (χ1v) is 8.69. The molecule has 0 aromatic heterocycles. The van der Waals surface area contributed by atoms with Crippen LogP contribution in [0.3, 0.4) is 0 Å². The third kappa shape index (κ3) is 4.69. The average molecular weight is 312 g/mol. The van der Waals surface area contributed by atoms with Gasteiger partial charge in [0.25, 0.3) is 0 Å². The second-order valence-corrected chi connectivity index (χ2v) is 6.78. The number of nitrogens with one attached hydrogen (secondary N) is 1. The van der Waals surface area contributed by atoms with Gasteiger partial charge in [-0.2, -0.15) is 0 Å². The van der Waals surface area contributed by atoms with Crippen LogP contribution in [0.1, 0.15) is 51.5 Å². The van der Waals surface area contributed by atoms with Crippen molar-refractivity contribution in [1.29, 1.82) is 0 Å². The van der Waals surface area contributed by atoms with Crippen molar-refractivity contribution in [2.45, 2.75) is 58.4 Å². The molecule has 0 amide bonds. The van der Waals surface area contributed by atoms with Crippen molar-refractivity contribution in [2.75, 3.05) is 6.54 Å². The van der Waals surface area contributed by atoms with Crippen LogP contribution < -0.4 is 5.32 Å². The van der Waals surface area contributed by atoms with E-state index >= 15 is 0 Å². The fourth-order valence-electron chi connectivity index (χ4n) is 3.54. The fourth-order valence-corrected chi connectivity index (χ4v) is 3.73. The summed E-state index contributed by atoms with van der Waals surface area (Å²) >= 11 is 6.03. The summed E-state index contributed by atoms with van der Waals surface area (Å²) in [7, 11) is 0. The molecule has 118 valence electrons. The van der Waals surface area contributed by atoms with Gasteiger partial charge in [0.15, 0.2) is 0 Å². The molecule has 3 heteroatoms. The van der Waals surface area contributed by atoms with Gasteiger partial charge in [0.2, 0.25) is 0 Å². The highest BCUT2D eigenvalue weighted by Crippen LogP contribution is 2.34. The van der Waals surface area contributed by atoms with Gasteiger partial charge in [-0.15, -0.1) is 0 Å². The third-order valence-electron chi connectivity index (χ3n) is 4.81. The molecule has 1 nitrogen and oxygen atoms in total. The topological polar surface area (TPSA) is 12.0 Å². The van der Waals surface area contributed by atoms with Gasteiger partial charge in [-0.3, -0.25) is 0 Å². The Labute approximate surface area is 133 Å². The lowest BCUT2D eigenvalue weighted by atomic mass is 9.74. The van der Waals surface area contributed by atoms with E-state index in [4.69, 9.17) is 11.6 Å². The normalized spacial score (nSPS) is 26.0. The van der Waals surface area contributed by atoms with E-state index in [1.807, 2.05) is 0 Å². The maximum atomic E-state index is 14.0. The van der Waals surface area contributed by atoms with E-state index in [0.29, 0.717) is 17.0 Å². The summed E-state index contributed by atoms with van der Waals surface area (Å²) < 4.78 is 14.0. The maximum absolute atomic E-state index is 14.0.